The van der Waals surface area contributed by atoms with E-state index in [0.717, 1.165) is 69.0 Å². The van der Waals surface area contributed by atoms with Gasteiger partial charge in [0.15, 0.2) is 0 Å². The molecule has 6 heteroatoms. The molecule has 1 fully saturated rings. The molecule has 6 nitrogen and oxygen atoms in total. The van der Waals surface area contributed by atoms with Crippen molar-refractivity contribution in [2.45, 2.75) is 32.7 Å². The monoisotopic (exact) mass is 421 g/mol. The van der Waals surface area contributed by atoms with Crippen molar-refractivity contribution in [1.82, 2.24) is 10.3 Å². The normalized spacial score (nSPS) is 16.9. The Morgan fingerprint density at radius 2 is 2.13 bits per heavy atom. The molecule has 4 rings (SSSR count). The first-order valence-electron chi connectivity index (χ1n) is 11.2. The van der Waals surface area contributed by atoms with Crippen LogP contribution in [0.15, 0.2) is 42.7 Å². The summed E-state index contributed by atoms with van der Waals surface area (Å²) < 4.78 is 11.1. The Balaban J connectivity index is 1.30. The number of pyridine rings is 1. The van der Waals surface area contributed by atoms with Crippen LogP contribution in [0.1, 0.15) is 36.5 Å². The number of aromatic nitrogens is 1. The van der Waals surface area contributed by atoms with Crippen LogP contribution in [0, 0.1) is 5.92 Å². The van der Waals surface area contributed by atoms with E-state index in [0.29, 0.717) is 12.5 Å². The number of nitrogens with zero attached hydrogens (tertiary/aromatic N) is 2. The minimum absolute atomic E-state index is 0.328. The zero-order valence-corrected chi connectivity index (χ0v) is 18.2. The predicted molar refractivity (Wildman–Crippen MR) is 122 cm³/mol. The summed E-state index contributed by atoms with van der Waals surface area (Å²) in [5, 5.41) is 3.42. The third kappa shape index (κ3) is 5.64. The predicted octanol–water partition coefficient (Wildman–Crippen LogP) is 3.60. The molecule has 2 aliphatic heterocycles. The van der Waals surface area contributed by atoms with Crippen LogP contribution in [-0.4, -0.2) is 43.8 Å². The molecule has 1 aromatic heterocycles. The fraction of sp³-hybridized carbons (Fsp3) is 0.440. The topological polar surface area (TPSA) is 63.7 Å². The molecule has 31 heavy (non-hydrogen) atoms. The Morgan fingerprint density at radius 1 is 1.26 bits per heavy atom. The minimum atomic E-state index is -0.328. The van der Waals surface area contributed by atoms with Crippen LogP contribution in [-0.2, 0) is 22.5 Å². The summed E-state index contributed by atoms with van der Waals surface area (Å²) >= 11 is 0. The van der Waals surface area contributed by atoms with Crippen molar-refractivity contribution in [2.24, 2.45) is 5.92 Å². The van der Waals surface area contributed by atoms with E-state index in [4.69, 9.17) is 9.47 Å². The van der Waals surface area contributed by atoms with Crippen molar-refractivity contribution >= 4 is 17.7 Å². The van der Waals surface area contributed by atoms with E-state index in [1.54, 1.807) is 25.4 Å². The maximum atomic E-state index is 11.7. The van der Waals surface area contributed by atoms with E-state index < -0.39 is 0 Å². The summed E-state index contributed by atoms with van der Waals surface area (Å²) in [6, 6.07) is 8.53. The first-order valence-corrected chi connectivity index (χ1v) is 11.2. The van der Waals surface area contributed by atoms with Gasteiger partial charge in [0, 0.05) is 49.4 Å². The molecule has 0 aliphatic carbocycles. The summed E-state index contributed by atoms with van der Waals surface area (Å²) in [7, 11) is 0. The van der Waals surface area contributed by atoms with Crippen LogP contribution in [0.3, 0.4) is 0 Å². The number of ether oxygens (including phenoxy) is 2. The smallest absolute Gasteiger partial charge is 0.330 e. The zero-order chi connectivity index (χ0) is 21.5. The quantitative estimate of drug-likeness (QED) is 0.544. The Kier molecular flexibility index (Phi) is 7.20. The van der Waals surface area contributed by atoms with Gasteiger partial charge >= 0.3 is 5.97 Å². The molecule has 0 unspecified atom stereocenters. The highest BCUT2D eigenvalue weighted by Gasteiger charge is 2.21. The average Bonchev–Trinajstić information content (AvgIpc) is 2.82. The summed E-state index contributed by atoms with van der Waals surface area (Å²) in [6.45, 7) is 6.86. The fourth-order valence-electron chi connectivity index (χ4n) is 4.27. The molecule has 1 N–H and O–H groups in total. The van der Waals surface area contributed by atoms with Crippen LogP contribution < -0.4 is 15.0 Å². The van der Waals surface area contributed by atoms with E-state index in [-0.39, 0.29) is 5.97 Å². The number of hydrogen-bond donors (Lipinski definition) is 1. The number of carbonyl (C=O) groups excluding carboxylic acids is 1. The highest BCUT2D eigenvalue weighted by atomic mass is 16.5. The number of carbonyl (C=O) groups is 1. The Morgan fingerprint density at radius 3 is 2.97 bits per heavy atom. The molecule has 0 saturated carbocycles. The van der Waals surface area contributed by atoms with Gasteiger partial charge in [-0.1, -0.05) is 6.07 Å². The third-order valence-electron chi connectivity index (χ3n) is 6.02. The molecule has 1 aromatic carbocycles. The molecule has 0 radical (unpaired) electrons. The second-order valence-corrected chi connectivity index (χ2v) is 8.12. The Hall–Kier alpha value is -2.86. The van der Waals surface area contributed by atoms with Crippen LogP contribution in [0.25, 0.3) is 6.08 Å². The van der Waals surface area contributed by atoms with Crippen molar-refractivity contribution in [3.63, 3.8) is 0 Å². The number of esters is 1. The number of rotatable bonds is 7. The van der Waals surface area contributed by atoms with Gasteiger partial charge in [-0.25, -0.2) is 4.79 Å². The molecular formula is C25H31N3O3. The van der Waals surface area contributed by atoms with Crippen LogP contribution in [0.5, 0.6) is 5.75 Å². The summed E-state index contributed by atoms with van der Waals surface area (Å²) in [4.78, 5) is 18.2. The van der Waals surface area contributed by atoms with E-state index in [9.17, 15) is 4.79 Å². The number of anilines is 1. The van der Waals surface area contributed by atoms with E-state index in [1.807, 2.05) is 6.07 Å². The first kappa shape index (κ1) is 21.4. The number of hydrogen-bond acceptors (Lipinski definition) is 6. The number of piperidine rings is 1. The molecule has 2 aliphatic rings. The Bertz CT molecular complexity index is 920. The number of fused-ring (bicyclic) bond motifs is 1. The molecule has 0 spiro atoms. The van der Waals surface area contributed by atoms with Gasteiger partial charge in [-0.2, -0.15) is 0 Å². The molecule has 0 bridgehead atoms. The molecule has 1 saturated heterocycles. The molecular weight excluding hydrogens is 390 g/mol. The highest BCUT2D eigenvalue weighted by Crippen LogP contribution is 2.28. The van der Waals surface area contributed by atoms with Gasteiger partial charge in [-0.3, -0.25) is 4.98 Å². The van der Waals surface area contributed by atoms with Crippen molar-refractivity contribution in [1.29, 1.82) is 0 Å². The van der Waals surface area contributed by atoms with Crippen LogP contribution >= 0.6 is 0 Å². The van der Waals surface area contributed by atoms with Crippen LogP contribution in [0.2, 0.25) is 0 Å². The second kappa shape index (κ2) is 10.4. The zero-order valence-electron chi connectivity index (χ0n) is 18.2. The van der Waals surface area contributed by atoms with Gasteiger partial charge < -0.3 is 19.7 Å². The standard InChI is InChI=1S/C25H31N3O3/c1-2-30-25(29)6-4-21-16-27-12-8-24(21)28-13-9-19(10-14-28)18-31-23-5-3-20-7-11-26-17-22(20)15-23/h3-6,8,12,15-16,19,26H,2,7,9-11,13-14,17-18H2,1H3/b6-4+. The minimum Gasteiger partial charge on any atom is -0.493 e. The Labute approximate surface area is 184 Å². The van der Waals surface area contributed by atoms with Gasteiger partial charge in [-0.05, 0) is 74.1 Å². The lowest BCUT2D eigenvalue weighted by Gasteiger charge is -2.34. The maximum Gasteiger partial charge on any atom is 0.330 e. The van der Waals surface area contributed by atoms with Gasteiger partial charge in [0.25, 0.3) is 0 Å². The number of benzene rings is 1. The van der Waals surface area contributed by atoms with Gasteiger partial charge in [0.05, 0.1) is 13.2 Å². The summed E-state index contributed by atoms with van der Waals surface area (Å²) in [5.74, 6) is 1.20. The molecule has 164 valence electrons. The van der Waals surface area contributed by atoms with Crippen molar-refractivity contribution in [3.8, 4) is 5.75 Å². The number of nitrogens with one attached hydrogen (secondary N) is 1. The third-order valence-corrected chi connectivity index (χ3v) is 6.02. The van der Waals surface area contributed by atoms with Gasteiger partial charge in [0.1, 0.15) is 5.75 Å². The van der Waals surface area contributed by atoms with Crippen molar-refractivity contribution in [3.05, 3.63) is 59.4 Å². The van der Waals surface area contributed by atoms with Crippen LogP contribution in [0.4, 0.5) is 5.69 Å². The molecule has 2 aromatic rings. The SMILES string of the molecule is CCOC(=O)/C=C/c1cnccc1N1CCC(COc2ccc3c(c2)CNCC3)CC1. The molecule has 0 amide bonds. The first-order chi connectivity index (χ1) is 15.2. The summed E-state index contributed by atoms with van der Waals surface area (Å²) in [5.41, 5.74) is 4.84. The second-order valence-electron chi connectivity index (χ2n) is 8.12. The molecule has 0 atom stereocenters. The van der Waals surface area contributed by atoms with E-state index >= 15 is 0 Å². The van der Waals surface area contributed by atoms with Gasteiger partial charge in [0.2, 0.25) is 0 Å². The van der Waals surface area contributed by atoms with E-state index in [2.05, 4.69) is 33.4 Å². The van der Waals surface area contributed by atoms with Crippen molar-refractivity contribution in [2.75, 3.05) is 37.7 Å². The maximum absolute atomic E-state index is 11.7. The van der Waals surface area contributed by atoms with Gasteiger partial charge in [-0.15, -0.1) is 0 Å². The highest BCUT2D eigenvalue weighted by molar-refractivity contribution is 5.88. The largest absolute Gasteiger partial charge is 0.493 e. The fourth-order valence-corrected chi connectivity index (χ4v) is 4.27. The molecule has 3 heterocycles. The lowest BCUT2D eigenvalue weighted by atomic mass is 9.96. The lowest BCUT2D eigenvalue weighted by molar-refractivity contribution is -0.137. The average molecular weight is 422 g/mol. The van der Waals surface area contributed by atoms with E-state index in [1.165, 1.54) is 17.2 Å². The van der Waals surface area contributed by atoms with Crippen molar-refractivity contribution < 1.29 is 14.3 Å². The summed E-state index contributed by atoms with van der Waals surface area (Å²) in [6.07, 6.45) is 10.1. The lowest BCUT2D eigenvalue weighted by Crippen LogP contribution is -2.36.